The molecule has 1 amide bonds. The molecule has 1 atom stereocenters. The minimum absolute atomic E-state index is 0.0775. The number of ether oxygens (including phenoxy) is 1. The number of nitrogens with two attached hydrogens (primary N) is 1. The van der Waals surface area contributed by atoms with E-state index in [0.29, 0.717) is 19.5 Å². The minimum atomic E-state index is -4.31. The standard InChI is InChI=1S/C12H14ClFN2O4S/c1-20-8-2-3-16(6-8)12(17)9-4-7(13)5-10(11(9)14)21(15,18)19/h4-5,8H,2-3,6H2,1H3,(H2,15,18,19). The molecule has 1 unspecified atom stereocenters. The number of rotatable bonds is 3. The molecule has 6 nitrogen and oxygen atoms in total. The van der Waals surface area contributed by atoms with Gasteiger partial charge in [-0.1, -0.05) is 11.6 Å². The summed E-state index contributed by atoms with van der Waals surface area (Å²) in [6, 6.07) is 1.97. The first-order valence-corrected chi connectivity index (χ1v) is 8.00. The third kappa shape index (κ3) is 3.34. The molecule has 1 aliphatic rings. The molecule has 0 aromatic heterocycles. The van der Waals surface area contributed by atoms with Gasteiger partial charge in [-0.15, -0.1) is 0 Å². The number of nitrogens with zero attached hydrogens (tertiary/aromatic N) is 1. The van der Waals surface area contributed by atoms with Gasteiger partial charge in [0.2, 0.25) is 10.0 Å². The maximum atomic E-state index is 14.2. The van der Waals surface area contributed by atoms with Crippen LogP contribution in [0.4, 0.5) is 4.39 Å². The van der Waals surface area contributed by atoms with E-state index in [1.807, 2.05) is 0 Å². The second kappa shape index (κ2) is 5.88. The fourth-order valence-electron chi connectivity index (χ4n) is 2.20. The summed E-state index contributed by atoms with van der Waals surface area (Å²) in [6.07, 6.45) is 0.515. The Balaban J connectivity index is 2.41. The zero-order valence-corrected chi connectivity index (χ0v) is 12.7. The van der Waals surface area contributed by atoms with E-state index >= 15 is 0 Å². The number of hydrogen-bond donors (Lipinski definition) is 1. The van der Waals surface area contributed by atoms with Gasteiger partial charge in [0.05, 0.1) is 11.7 Å². The van der Waals surface area contributed by atoms with Crippen LogP contribution in [0.15, 0.2) is 17.0 Å². The van der Waals surface area contributed by atoms with Crippen molar-refractivity contribution in [2.45, 2.75) is 17.4 Å². The van der Waals surface area contributed by atoms with Crippen molar-refractivity contribution in [1.29, 1.82) is 0 Å². The van der Waals surface area contributed by atoms with E-state index < -0.39 is 32.2 Å². The largest absolute Gasteiger partial charge is 0.380 e. The molecule has 1 aromatic rings. The van der Waals surface area contributed by atoms with E-state index in [2.05, 4.69) is 0 Å². The number of carbonyl (C=O) groups is 1. The topological polar surface area (TPSA) is 89.7 Å². The number of halogens is 2. The molecule has 2 N–H and O–H groups in total. The highest BCUT2D eigenvalue weighted by Gasteiger charge is 2.30. The van der Waals surface area contributed by atoms with Crippen molar-refractivity contribution in [3.8, 4) is 0 Å². The third-order valence-corrected chi connectivity index (χ3v) is 4.43. The van der Waals surface area contributed by atoms with Crippen LogP contribution in [0.2, 0.25) is 5.02 Å². The van der Waals surface area contributed by atoms with E-state index in [9.17, 15) is 17.6 Å². The summed E-state index contributed by atoms with van der Waals surface area (Å²) < 4.78 is 42.0. The molecule has 0 aliphatic carbocycles. The number of methoxy groups -OCH3 is 1. The zero-order valence-electron chi connectivity index (χ0n) is 11.2. The molecule has 0 spiro atoms. The van der Waals surface area contributed by atoms with Crippen LogP contribution in [-0.4, -0.2) is 45.5 Å². The first-order valence-electron chi connectivity index (χ1n) is 6.08. The van der Waals surface area contributed by atoms with E-state index in [1.165, 1.54) is 12.0 Å². The van der Waals surface area contributed by atoms with Gasteiger partial charge in [-0.2, -0.15) is 0 Å². The van der Waals surface area contributed by atoms with Crippen molar-refractivity contribution in [3.63, 3.8) is 0 Å². The van der Waals surface area contributed by atoms with Gasteiger partial charge in [-0.05, 0) is 18.6 Å². The van der Waals surface area contributed by atoms with Crippen LogP contribution in [0.3, 0.4) is 0 Å². The zero-order chi connectivity index (χ0) is 15.8. The smallest absolute Gasteiger partial charge is 0.257 e. The quantitative estimate of drug-likeness (QED) is 0.891. The van der Waals surface area contributed by atoms with Crippen molar-refractivity contribution in [2.75, 3.05) is 20.2 Å². The molecular weight excluding hydrogens is 323 g/mol. The average molecular weight is 337 g/mol. The molecule has 2 rings (SSSR count). The second-order valence-electron chi connectivity index (χ2n) is 4.71. The van der Waals surface area contributed by atoms with Gasteiger partial charge < -0.3 is 9.64 Å². The number of benzene rings is 1. The predicted octanol–water partition coefficient (Wildman–Crippen LogP) is 0.987. The fraction of sp³-hybridized carbons (Fsp3) is 0.417. The Labute approximate surface area is 126 Å². The van der Waals surface area contributed by atoms with Gasteiger partial charge >= 0.3 is 0 Å². The number of carbonyl (C=O) groups excluding carboxylic acids is 1. The SMILES string of the molecule is COC1CCN(C(=O)c2cc(Cl)cc(S(N)(=O)=O)c2F)C1. The van der Waals surface area contributed by atoms with Crippen molar-refractivity contribution >= 4 is 27.5 Å². The molecule has 1 saturated heterocycles. The van der Waals surface area contributed by atoms with E-state index in [-0.39, 0.29) is 11.1 Å². The molecule has 9 heteroatoms. The van der Waals surface area contributed by atoms with Gasteiger partial charge in [0.15, 0.2) is 5.82 Å². The van der Waals surface area contributed by atoms with Crippen LogP contribution in [0.25, 0.3) is 0 Å². The van der Waals surface area contributed by atoms with Gasteiger partial charge in [0.25, 0.3) is 5.91 Å². The van der Waals surface area contributed by atoms with Crippen LogP contribution < -0.4 is 5.14 Å². The van der Waals surface area contributed by atoms with Gasteiger partial charge in [-0.3, -0.25) is 4.79 Å². The van der Waals surface area contributed by atoms with Gasteiger partial charge in [0.1, 0.15) is 4.90 Å². The Morgan fingerprint density at radius 1 is 1.52 bits per heavy atom. The molecule has 1 aromatic carbocycles. The highest BCUT2D eigenvalue weighted by molar-refractivity contribution is 7.89. The number of sulfonamides is 1. The summed E-state index contributed by atoms with van der Waals surface area (Å²) in [4.78, 5) is 12.9. The third-order valence-electron chi connectivity index (χ3n) is 3.31. The Bertz CT molecular complexity index is 680. The summed E-state index contributed by atoms with van der Waals surface area (Å²) in [5.74, 6) is -1.83. The second-order valence-corrected chi connectivity index (χ2v) is 6.67. The molecule has 1 aliphatic heterocycles. The summed E-state index contributed by atoms with van der Waals surface area (Å²) >= 11 is 5.75. The van der Waals surface area contributed by atoms with Crippen LogP contribution in [0.5, 0.6) is 0 Å². The molecule has 1 fully saturated rings. The van der Waals surface area contributed by atoms with Crippen LogP contribution >= 0.6 is 11.6 Å². The summed E-state index contributed by atoms with van der Waals surface area (Å²) in [5, 5.41) is 4.84. The van der Waals surface area contributed by atoms with Gasteiger partial charge in [0, 0.05) is 25.2 Å². The normalized spacial score (nSPS) is 19.0. The van der Waals surface area contributed by atoms with Crippen LogP contribution in [-0.2, 0) is 14.8 Å². The number of likely N-dealkylation sites (tertiary alicyclic amines) is 1. The molecular formula is C12H14ClFN2O4S. The lowest BCUT2D eigenvalue weighted by molar-refractivity contribution is 0.0719. The number of primary sulfonamides is 1. The first-order chi connectivity index (χ1) is 9.74. The first kappa shape index (κ1) is 16.2. The Hall–Kier alpha value is -1.22. The Kier molecular flexibility index (Phi) is 4.52. The van der Waals surface area contributed by atoms with Crippen molar-refractivity contribution < 1.29 is 22.3 Å². The summed E-state index contributed by atoms with van der Waals surface area (Å²) in [6.45, 7) is 0.708. The number of amides is 1. The maximum Gasteiger partial charge on any atom is 0.257 e. The van der Waals surface area contributed by atoms with Crippen LogP contribution in [0.1, 0.15) is 16.8 Å². The molecule has 0 bridgehead atoms. The number of hydrogen-bond acceptors (Lipinski definition) is 4. The Morgan fingerprint density at radius 3 is 2.71 bits per heavy atom. The molecule has 116 valence electrons. The molecule has 0 saturated carbocycles. The lowest BCUT2D eigenvalue weighted by atomic mass is 10.2. The van der Waals surface area contributed by atoms with Crippen LogP contribution in [0, 0.1) is 5.82 Å². The van der Waals surface area contributed by atoms with E-state index in [4.69, 9.17) is 21.5 Å². The molecule has 21 heavy (non-hydrogen) atoms. The molecule has 1 heterocycles. The van der Waals surface area contributed by atoms with Gasteiger partial charge in [-0.25, -0.2) is 17.9 Å². The molecule has 0 radical (unpaired) electrons. The summed E-state index contributed by atoms with van der Waals surface area (Å²) in [5.41, 5.74) is -0.414. The lowest BCUT2D eigenvalue weighted by Crippen LogP contribution is -2.31. The average Bonchev–Trinajstić information content (AvgIpc) is 2.87. The lowest BCUT2D eigenvalue weighted by Gasteiger charge is -2.17. The summed E-state index contributed by atoms with van der Waals surface area (Å²) in [7, 11) is -2.78. The minimum Gasteiger partial charge on any atom is -0.380 e. The fourth-order valence-corrected chi connectivity index (χ4v) is 3.14. The predicted molar refractivity (Wildman–Crippen MR) is 74.1 cm³/mol. The Morgan fingerprint density at radius 2 is 2.19 bits per heavy atom. The van der Waals surface area contributed by atoms with E-state index in [1.54, 1.807) is 0 Å². The van der Waals surface area contributed by atoms with Crippen molar-refractivity contribution in [1.82, 2.24) is 4.90 Å². The monoisotopic (exact) mass is 336 g/mol. The van der Waals surface area contributed by atoms with Crippen molar-refractivity contribution in [2.24, 2.45) is 5.14 Å². The highest BCUT2D eigenvalue weighted by atomic mass is 35.5. The highest BCUT2D eigenvalue weighted by Crippen LogP contribution is 2.25. The van der Waals surface area contributed by atoms with E-state index in [0.717, 1.165) is 12.1 Å². The maximum absolute atomic E-state index is 14.2. The van der Waals surface area contributed by atoms with Crippen molar-refractivity contribution in [3.05, 3.63) is 28.5 Å².